The molecular formula is C51H97F3N2O4. The van der Waals surface area contributed by atoms with Crippen molar-refractivity contribution in [1.82, 2.24) is 5.32 Å². The number of halogens is 3. The highest BCUT2D eigenvalue weighted by atomic mass is 19.4. The van der Waals surface area contributed by atoms with Gasteiger partial charge in [0.15, 0.2) is 11.5 Å². The van der Waals surface area contributed by atoms with Gasteiger partial charge in [-0.05, 0) is 62.6 Å². The van der Waals surface area contributed by atoms with Crippen LogP contribution in [0.15, 0.2) is 36.4 Å². The van der Waals surface area contributed by atoms with E-state index in [-0.39, 0.29) is 5.56 Å². The average Bonchev–Trinajstić information content (AvgIpc) is 3.20. The molecule has 2 aromatic rings. The van der Waals surface area contributed by atoms with Gasteiger partial charge in [0.05, 0.1) is 0 Å². The molecule has 2 rings (SSSR count). The maximum atomic E-state index is 12.1. The maximum absolute atomic E-state index is 12.1. The molecule has 0 heterocycles. The molecule has 4 N–H and O–H groups in total. The van der Waals surface area contributed by atoms with E-state index in [1.807, 2.05) is 31.3 Å². The van der Waals surface area contributed by atoms with Gasteiger partial charge in [-0.3, -0.25) is 4.79 Å². The van der Waals surface area contributed by atoms with Gasteiger partial charge in [0, 0.05) is 18.7 Å². The average molecular weight is 859 g/mol. The Morgan fingerprint density at radius 2 is 1.13 bits per heavy atom. The van der Waals surface area contributed by atoms with Gasteiger partial charge in [-0.1, -0.05) is 210 Å². The molecule has 0 aliphatic rings. The summed E-state index contributed by atoms with van der Waals surface area (Å²) in [5.41, 5.74) is 0.974. The highest BCUT2D eigenvalue weighted by Crippen LogP contribution is 2.40. The number of rotatable bonds is 19. The maximum Gasteiger partial charge on any atom is 0.420 e. The van der Waals surface area contributed by atoms with Crippen molar-refractivity contribution in [2.24, 2.45) is 5.92 Å². The Balaban J connectivity index is -0.000000145. The predicted molar refractivity (Wildman–Crippen MR) is 258 cm³/mol. The SMILES string of the molecule is CCC.CCCC.CCCC.CCCC(C)CCC.CCCCC(C)=O.CCCCCCCCC.CNCc1ccccc1NC=O.Cc1cc(O)c(O)c(C(F)(F)F)c1. The minimum absolute atomic E-state index is 0.239. The molecule has 0 radical (unpaired) electrons. The largest absolute Gasteiger partial charge is 0.504 e. The van der Waals surface area contributed by atoms with Gasteiger partial charge in [0.2, 0.25) is 6.41 Å². The van der Waals surface area contributed by atoms with Gasteiger partial charge in [0.1, 0.15) is 11.3 Å². The standard InChI is InChI=1S/C9H12N2O.C9H20.C8H7F3O2.C8H18.C6H12O.2C4H10.C3H8/c1-10-6-8-4-2-3-5-9(8)11-7-12;1-3-5-7-9-8-6-4-2;1-4-2-5(8(9,10)11)7(13)6(12)3-4;1-4-6-8(3)7-5-2;1-3-4-5-6(2)7;2*1-3-4-2;1-3-2/h2-5,7,10H,6H2,1H3,(H,11,12);3-9H2,1-2H3;2-3,12-13H,1H3;8H,4-7H2,1-3H3;3-5H2,1-2H3;2*3-4H2,1-2H3;3H2,1-2H3. The first-order valence-electron chi connectivity index (χ1n) is 23.5. The van der Waals surface area contributed by atoms with Gasteiger partial charge >= 0.3 is 6.18 Å². The molecule has 0 saturated heterocycles. The minimum Gasteiger partial charge on any atom is -0.504 e. The summed E-state index contributed by atoms with van der Waals surface area (Å²) < 4.78 is 36.4. The Morgan fingerprint density at radius 1 is 0.700 bits per heavy atom. The Kier molecular flexibility index (Phi) is 61.7. The Bertz CT molecular complexity index is 1140. The second-order valence-electron chi connectivity index (χ2n) is 15.1. The molecule has 356 valence electrons. The van der Waals surface area contributed by atoms with E-state index in [0.29, 0.717) is 12.2 Å². The first-order chi connectivity index (χ1) is 28.4. The summed E-state index contributed by atoms with van der Waals surface area (Å²) in [5, 5.41) is 23.4. The minimum atomic E-state index is -4.65. The molecule has 2 aromatic carbocycles. The molecule has 0 bridgehead atoms. The number of phenolic OH excluding ortho intramolecular Hbond substituents is 2. The van der Waals surface area contributed by atoms with E-state index >= 15 is 0 Å². The lowest BCUT2D eigenvalue weighted by Gasteiger charge is -2.10. The normalized spacial score (nSPS) is 9.65. The van der Waals surface area contributed by atoms with Crippen LogP contribution in [0.5, 0.6) is 11.5 Å². The van der Waals surface area contributed by atoms with Crippen molar-refractivity contribution in [3.63, 3.8) is 0 Å². The van der Waals surface area contributed by atoms with Crippen molar-refractivity contribution in [3.05, 3.63) is 53.1 Å². The summed E-state index contributed by atoms with van der Waals surface area (Å²) >= 11 is 0. The Hall–Kier alpha value is -3.07. The van der Waals surface area contributed by atoms with Crippen LogP contribution in [0.1, 0.15) is 229 Å². The number of phenols is 2. The highest BCUT2D eigenvalue weighted by Gasteiger charge is 2.35. The van der Waals surface area contributed by atoms with Crippen LogP contribution in [0, 0.1) is 12.8 Å². The van der Waals surface area contributed by atoms with E-state index in [1.54, 1.807) is 6.92 Å². The summed E-state index contributed by atoms with van der Waals surface area (Å²) in [4.78, 5) is 20.4. The fourth-order valence-corrected chi connectivity index (χ4v) is 4.63. The first-order valence-corrected chi connectivity index (χ1v) is 23.5. The molecule has 0 atom stereocenters. The number of unbranched alkanes of at least 4 members (excludes halogenated alkanes) is 9. The number of aryl methyl sites for hydroxylation is 1. The topological polar surface area (TPSA) is 98.7 Å². The van der Waals surface area contributed by atoms with Crippen LogP contribution in [0.25, 0.3) is 0 Å². The summed E-state index contributed by atoms with van der Waals surface area (Å²) in [5.74, 6) is -0.614. The van der Waals surface area contributed by atoms with Crippen molar-refractivity contribution in [3.8, 4) is 11.5 Å². The van der Waals surface area contributed by atoms with Crippen LogP contribution in [0.3, 0.4) is 0 Å². The predicted octanol–water partition coefficient (Wildman–Crippen LogP) is 17.2. The molecule has 6 nitrogen and oxygen atoms in total. The van der Waals surface area contributed by atoms with Crippen LogP contribution in [-0.2, 0) is 22.3 Å². The van der Waals surface area contributed by atoms with E-state index < -0.39 is 23.2 Å². The Labute approximate surface area is 369 Å². The number of anilines is 1. The van der Waals surface area contributed by atoms with Crippen LogP contribution in [0.2, 0.25) is 0 Å². The number of Topliss-reactive ketones (excluding diaryl/α,β-unsaturated/α-hetero) is 1. The van der Waals surface area contributed by atoms with Gasteiger partial charge in [-0.2, -0.15) is 13.2 Å². The number of hydrogen-bond donors (Lipinski definition) is 4. The number of aromatic hydroxyl groups is 2. The van der Waals surface area contributed by atoms with Crippen LogP contribution in [-0.4, -0.2) is 29.5 Å². The van der Waals surface area contributed by atoms with Crippen LogP contribution < -0.4 is 10.6 Å². The number of hydrogen-bond acceptors (Lipinski definition) is 5. The molecule has 0 aliphatic carbocycles. The van der Waals surface area contributed by atoms with Crippen molar-refractivity contribution in [1.29, 1.82) is 0 Å². The van der Waals surface area contributed by atoms with Gasteiger partial charge in [0.25, 0.3) is 0 Å². The third-order valence-corrected chi connectivity index (χ3v) is 8.29. The third-order valence-electron chi connectivity index (χ3n) is 8.29. The van der Waals surface area contributed by atoms with Crippen molar-refractivity contribution >= 4 is 17.9 Å². The van der Waals surface area contributed by atoms with E-state index in [4.69, 9.17) is 10.2 Å². The smallest absolute Gasteiger partial charge is 0.420 e. The fourth-order valence-electron chi connectivity index (χ4n) is 4.63. The highest BCUT2D eigenvalue weighted by molar-refractivity contribution is 5.75. The van der Waals surface area contributed by atoms with E-state index in [9.17, 15) is 22.8 Å². The number of para-hydroxylation sites is 1. The lowest BCUT2D eigenvalue weighted by molar-refractivity contribution is -0.139. The molecule has 1 amide bonds. The van der Waals surface area contributed by atoms with E-state index in [2.05, 4.69) is 93.7 Å². The molecule has 0 spiro atoms. The number of nitrogens with one attached hydrogen (secondary N) is 2. The van der Waals surface area contributed by atoms with Gasteiger partial charge < -0.3 is 25.6 Å². The first kappa shape index (κ1) is 68.7. The quantitative estimate of drug-likeness (QED) is 0.0641. The van der Waals surface area contributed by atoms with Crippen molar-refractivity contribution < 1.29 is 33.0 Å². The van der Waals surface area contributed by atoms with E-state index in [0.717, 1.165) is 55.1 Å². The van der Waals surface area contributed by atoms with Crippen molar-refractivity contribution in [2.45, 2.75) is 232 Å². The summed E-state index contributed by atoms with van der Waals surface area (Å²) in [6, 6.07) is 9.52. The Morgan fingerprint density at radius 3 is 1.47 bits per heavy atom. The van der Waals surface area contributed by atoms with Crippen molar-refractivity contribution in [2.75, 3.05) is 12.4 Å². The molecular weight excluding hydrogens is 762 g/mol. The number of ketones is 1. The second kappa shape index (κ2) is 53.9. The van der Waals surface area contributed by atoms with Gasteiger partial charge in [-0.25, -0.2) is 0 Å². The molecule has 0 aliphatic heterocycles. The summed E-state index contributed by atoms with van der Waals surface area (Å²) in [7, 11) is 1.87. The molecule has 60 heavy (non-hydrogen) atoms. The molecule has 0 unspecified atom stereocenters. The molecule has 0 fully saturated rings. The zero-order chi connectivity index (χ0) is 47.6. The zero-order valence-corrected chi connectivity index (χ0v) is 41.6. The third kappa shape index (κ3) is 54.9. The lowest BCUT2D eigenvalue weighted by atomic mass is 10.0. The summed E-state index contributed by atoms with van der Waals surface area (Å²) in [6.45, 7) is 30.2. The summed E-state index contributed by atoms with van der Waals surface area (Å²) in [6.07, 6.45) is 21.0. The van der Waals surface area contributed by atoms with Crippen LogP contribution >= 0.6 is 0 Å². The number of benzene rings is 2. The number of amides is 1. The second-order valence-corrected chi connectivity index (χ2v) is 15.1. The lowest BCUT2D eigenvalue weighted by Crippen LogP contribution is -2.08. The monoisotopic (exact) mass is 859 g/mol. The molecule has 0 aromatic heterocycles. The molecule has 9 heteroatoms. The zero-order valence-electron chi connectivity index (χ0n) is 41.6. The molecule has 0 saturated carbocycles. The number of alkyl halides is 3. The fraction of sp³-hybridized carbons (Fsp3) is 0.725. The van der Waals surface area contributed by atoms with Crippen LogP contribution in [0.4, 0.5) is 18.9 Å². The number of carbonyl (C=O) groups excluding carboxylic acids is 2. The van der Waals surface area contributed by atoms with Gasteiger partial charge in [-0.15, -0.1) is 0 Å². The number of carbonyl (C=O) groups is 2. The van der Waals surface area contributed by atoms with E-state index in [1.165, 1.54) is 110 Å².